The Morgan fingerprint density at radius 1 is 1.57 bits per heavy atom. The third kappa shape index (κ3) is 2.45. The number of aliphatic carboxylic acids is 1. The molecule has 0 radical (unpaired) electrons. The fourth-order valence-corrected chi connectivity index (χ4v) is 1.67. The molecule has 1 rings (SSSR count). The van der Waals surface area contributed by atoms with Gasteiger partial charge in [-0.2, -0.15) is 0 Å². The summed E-state index contributed by atoms with van der Waals surface area (Å²) in [6.07, 6.45) is 1.40. The molecule has 1 saturated heterocycles. The molecular weight excluding hydrogens is 184 g/mol. The molecule has 0 unspecified atom stereocenters. The molecule has 0 aromatic heterocycles. The van der Waals surface area contributed by atoms with Gasteiger partial charge in [-0.05, 0) is 19.8 Å². The van der Waals surface area contributed by atoms with E-state index in [1.807, 2.05) is 0 Å². The Hall–Kier alpha value is -1.10. The van der Waals surface area contributed by atoms with Gasteiger partial charge in [-0.25, -0.2) is 0 Å². The monoisotopic (exact) mass is 200 g/mol. The third-order valence-corrected chi connectivity index (χ3v) is 2.47. The molecule has 0 spiro atoms. The highest BCUT2D eigenvalue weighted by Gasteiger charge is 2.28. The Labute approximate surface area is 82.9 Å². The number of likely N-dealkylation sites (tertiary alicyclic amines) is 1. The van der Waals surface area contributed by atoms with Crippen molar-refractivity contribution >= 4 is 11.9 Å². The number of nitrogens with zero attached hydrogens (tertiary/aromatic N) is 1. The first-order valence-corrected chi connectivity index (χ1v) is 4.79. The predicted octanol–water partition coefficient (Wildman–Crippen LogP) is -0.343. The zero-order valence-electron chi connectivity index (χ0n) is 8.27. The van der Waals surface area contributed by atoms with E-state index in [0.717, 1.165) is 6.42 Å². The molecule has 1 heterocycles. The van der Waals surface area contributed by atoms with Gasteiger partial charge < -0.3 is 15.7 Å². The van der Waals surface area contributed by atoms with Crippen LogP contribution in [0.1, 0.15) is 19.8 Å². The van der Waals surface area contributed by atoms with E-state index in [1.54, 1.807) is 11.8 Å². The van der Waals surface area contributed by atoms with Crippen LogP contribution in [0.2, 0.25) is 0 Å². The summed E-state index contributed by atoms with van der Waals surface area (Å²) in [4.78, 5) is 23.7. The van der Waals surface area contributed by atoms with Gasteiger partial charge in [0.2, 0.25) is 5.91 Å². The zero-order chi connectivity index (χ0) is 10.7. The van der Waals surface area contributed by atoms with E-state index in [-0.39, 0.29) is 5.91 Å². The molecule has 2 atom stereocenters. The number of nitrogens with two attached hydrogens (primary N) is 1. The Balaban J connectivity index is 2.56. The van der Waals surface area contributed by atoms with Crippen LogP contribution in [0, 0.1) is 5.92 Å². The SMILES string of the molecule is C[C@H](N)C(=O)N1CCC[C@H](C(=O)O)C1. The van der Waals surface area contributed by atoms with Crippen molar-refractivity contribution in [2.75, 3.05) is 13.1 Å². The predicted molar refractivity (Wildman–Crippen MR) is 50.6 cm³/mol. The lowest BCUT2D eigenvalue weighted by molar-refractivity contribution is -0.145. The van der Waals surface area contributed by atoms with Crippen molar-refractivity contribution in [3.8, 4) is 0 Å². The molecule has 5 heteroatoms. The van der Waals surface area contributed by atoms with Gasteiger partial charge in [-0.15, -0.1) is 0 Å². The fraction of sp³-hybridized carbons (Fsp3) is 0.778. The van der Waals surface area contributed by atoms with Crippen molar-refractivity contribution in [1.82, 2.24) is 4.90 Å². The summed E-state index contributed by atoms with van der Waals surface area (Å²) >= 11 is 0. The molecule has 0 bridgehead atoms. The van der Waals surface area contributed by atoms with Crippen LogP contribution in [0.15, 0.2) is 0 Å². The maximum Gasteiger partial charge on any atom is 0.308 e. The second kappa shape index (κ2) is 4.41. The van der Waals surface area contributed by atoms with E-state index in [1.165, 1.54) is 0 Å². The molecule has 1 fully saturated rings. The van der Waals surface area contributed by atoms with Crippen molar-refractivity contribution in [2.45, 2.75) is 25.8 Å². The third-order valence-electron chi connectivity index (χ3n) is 2.47. The van der Waals surface area contributed by atoms with Crippen LogP contribution in [-0.4, -0.2) is 41.0 Å². The van der Waals surface area contributed by atoms with E-state index in [0.29, 0.717) is 19.5 Å². The first kappa shape index (κ1) is 11.0. The zero-order valence-corrected chi connectivity index (χ0v) is 8.27. The van der Waals surface area contributed by atoms with Gasteiger partial charge in [0.25, 0.3) is 0 Å². The normalized spacial score (nSPS) is 24.4. The maximum atomic E-state index is 11.5. The van der Waals surface area contributed by atoms with Crippen LogP contribution in [0.5, 0.6) is 0 Å². The Morgan fingerprint density at radius 2 is 2.21 bits per heavy atom. The fourth-order valence-electron chi connectivity index (χ4n) is 1.67. The minimum Gasteiger partial charge on any atom is -0.481 e. The molecule has 80 valence electrons. The number of rotatable bonds is 2. The molecule has 1 amide bonds. The van der Waals surface area contributed by atoms with Crippen molar-refractivity contribution in [3.05, 3.63) is 0 Å². The molecular formula is C9H16N2O3. The van der Waals surface area contributed by atoms with Crippen molar-refractivity contribution in [1.29, 1.82) is 0 Å². The van der Waals surface area contributed by atoms with Gasteiger partial charge in [0.1, 0.15) is 0 Å². The summed E-state index contributed by atoms with van der Waals surface area (Å²) in [6, 6.07) is -0.539. The van der Waals surface area contributed by atoms with Gasteiger partial charge in [0.05, 0.1) is 12.0 Å². The smallest absolute Gasteiger partial charge is 0.308 e. The van der Waals surface area contributed by atoms with Crippen molar-refractivity contribution in [3.63, 3.8) is 0 Å². The second-order valence-electron chi connectivity index (χ2n) is 3.75. The number of hydrogen-bond donors (Lipinski definition) is 2. The molecule has 5 nitrogen and oxygen atoms in total. The quantitative estimate of drug-likeness (QED) is 0.638. The van der Waals surface area contributed by atoms with E-state index in [2.05, 4.69) is 0 Å². The Bertz CT molecular complexity index is 240. The van der Waals surface area contributed by atoms with Gasteiger partial charge in [0.15, 0.2) is 0 Å². The molecule has 0 aliphatic carbocycles. The van der Waals surface area contributed by atoms with Gasteiger partial charge in [-0.3, -0.25) is 9.59 Å². The number of carbonyl (C=O) groups excluding carboxylic acids is 1. The maximum absolute atomic E-state index is 11.5. The van der Waals surface area contributed by atoms with Crippen molar-refractivity contribution in [2.24, 2.45) is 11.7 Å². The second-order valence-corrected chi connectivity index (χ2v) is 3.75. The number of amides is 1. The highest BCUT2D eigenvalue weighted by atomic mass is 16.4. The van der Waals surface area contributed by atoms with Crippen LogP contribution in [-0.2, 0) is 9.59 Å². The molecule has 1 aliphatic rings. The summed E-state index contributed by atoms with van der Waals surface area (Å²) < 4.78 is 0. The van der Waals surface area contributed by atoms with Crippen LogP contribution >= 0.6 is 0 Å². The number of hydrogen-bond acceptors (Lipinski definition) is 3. The van der Waals surface area contributed by atoms with Gasteiger partial charge >= 0.3 is 5.97 Å². The van der Waals surface area contributed by atoms with Crippen molar-refractivity contribution < 1.29 is 14.7 Å². The number of piperidine rings is 1. The van der Waals surface area contributed by atoms with Crippen LogP contribution < -0.4 is 5.73 Å². The number of carboxylic acid groups (broad SMARTS) is 1. The summed E-state index contributed by atoms with van der Waals surface area (Å²) in [5, 5.41) is 8.81. The minimum atomic E-state index is -0.827. The van der Waals surface area contributed by atoms with E-state index < -0.39 is 17.9 Å². The lowest BCUT2D eigenvalue weighted by Gasteiger charge is -2.31. The van der Waals surface area contributed by atoms with E-state index in [9.17, 15) is 9.59 Å². The average molecular weight is 200 g/mol. The lowest BCUT2D eigenvalue weighted by Crippen LogP contribution is -2.48. The molecule has 0 aromatic rings. The van der Waals surface area contributed by atoms with Crippen LogP contribution in [0.25, 0.3) is 0 Å². The van der Waals surface area contributed by atoms with Gasteiger partial charge in [0, 0.05) is 13.1 Å². The largest absolute Gasteiger partial charge is 0.481 e. The Morgan fingerprint density at radius 3 is 2.71 bits per heavy atom. The highest BCUT2D eigenvalue weighted by molar-refractivity contribution is 5.82. The molecule has 3 N–H and O–H groups in total. The summed E-state index contributed by atoms with van der Waals surface area (Å²) in [6.45, 7) is 2.55. The summed E-state index contributed by atoms with van der Waals surface area (Å²) in [5.41, 5.74) is 5.45. The van der Waals surface area contributed by atoms with Gasteiger partial charge in [-0.1, -0.05) is 0 Å². The molecule has 0 aromatic carbocycles. The first-order valence-electron chi connectivity index (χ1n) is 4.79. The van der Waals surface area contributed by atoms with Crippen LogP contribution in [0.3, 0.4) is 0 Å². The number of carboxylic acids is 1. The van der Waals surface area contributed by atoms with E-state index in [4.69, 9.17) is 10.8 Å². The minimum absolute atomic E-state index is 0.157. The lowest BCUT2D eigenvalue weighted by atomic mass is 9.98. The average Bonchev–Trinajstić information content (AvgIpc) is 2.16. The van der Waals surface area contributed by atoms with E-state index >= 15 is 0 Å². The summed E-state index contributed by atoms with van der Waals surface area (Å²) in [5.74, 6) is -1.41. The highest BCUT2D eigenvalue weighted by Crippen LogP contribution is 2.16. The standard InChI is InChI=1S/C9H16N2O3/c1-6(10)8(12)11-4-2-3-7(5-11)9(13)14/h6-7H,2-5,10H2,1H3,(H,13,14)/t6-,7-/m0/s1. The molecule has 14 heavy (non-hydrogen) atoms. The Kier molecular flexibility index (Phi) is 3.46. The summed E-state index contributed by atoms with van der Waals surface area (Å²) in [7, 11) is 0. The first-order chi connectivity index (χ1) is 6.52. The molecule has 1 aliphatic heterocycles. The van der Waals surface area contributed by atoms with Crippen LogP contribution in [0.4, 0.5) is 0 Å². The topological polar surface area (TPSA) is 83.6 Å². The number of carbonyl (C=O) groups is 2. The molecule has 0 saturated carbocycles.